The molecule has 1 atom stereocenters. The number of nitrogens with one attached hydrogen (secondary N) is 3. The lowest BCUT2D eigenvalue weighted by molar-refractivity contribution is 0.0618. The summed E-state index contributed by atoms with van der Waals surface area (Å²) in [6.07, 6.45) is 4.18. The van der Waals surface area contributed by atoms with Crippen LogP contribution >= 0.6 is 0 Å². The van der Waals surface area contributed by atoms with Gasteiger partial charge in [0.05, 0.1) is 11.0 Å². The number of amides is 1. The molecule has 1 aromatic carbocycles. The second-order valence-electron chi connectivity index (χ2n) is 6.71. The molecule has 3 fully saturated rings. The van der Waals surface area contributed by atoms with Gasteiger partial charge in [-0.1, -0.05) is 6.07 Å². The number of rotatable bonds is 2. The summed E-state index contributed by atoms with van der Waals surface area (Å²) in [5.74, 6) is 0.596. The molecule has 3 aliphatic heterocycles. The summed E-state index contributed by atoms with van der Waals surface area (Å²) in [5, 5.41) is 11.4. The van der Waals surface area contributed by atoms with Crippen LogP contribution in [0.3, 0.4) is 0 Å². The molecule has 6 rings (SSSR count). The molecule has 3 aromatic rings. The van der Waals surface area contributed by atoms with Crippen molar-refractivity contribution in [3.8, 4) is 0 Å². The van der Waals surface area contributed by atoms with Gasteiger partial charge in [0.15, 0.2) is 0 Å². The first-order valence-corrected chi connectivity index (χ1v) is 8.26. The first kappa shape index (κ1) is 13.1. The standard InChI is InChI=1S/C17H19N5O/c23-17(19-13-9-22-7-4-10(13)5-8-22)16-12-2-1-11-3-6-18-14(11)15(12)20-21-16/h1-3,6,10,13,20-21H,4-5,7-9H2,(H,19,23). The number of aromatic nitrogens is 3. The maximum atomic E-state index is 12.7. The lowest BCUT2D eigenvalue weighted by atomic mass is 9.84. The van der Waals surface area contributed by atoms with Crippen molar-refractivity contribution >= 4 is 27.7 Å². The van der Waals surface area contributed by atoms with Gasteiger partial charge in [0.2, 0.25) is 0 Å². The van der Waals surface area contributed by atoms with Crippen molar-refractivity contribution < 1.29 is 4.79 Å². The van der Waals surface area contributed by atoms with E-state index in [1.165, 1.54) is 25.9 Å². The van der Waals surface area contributed by atoms with Crippen LogP contribution in [0.5, 0.6) is 0 Å². The third kappa shape index (κ3) is 1.98. The highest BCUT2D eigenvalue weighted by Gasteiger charge is 2.35. The minimum absolute atomic E-state index is 0.0269. The van der Waals surface area contributed by atoms with Crippen LogP contribution in [0.15, 0.2) is 24.4 Å². The largest absolute Gasteiger partial charge is 0.346 e. The van der Waals surface area contributed by atoms with E-state index in [1.807, 2.05) is 18.2 Å². The van der Waals surface area contributed by atoms with E-state index in [9.17, 15) is 4.79 Å². The quantitative estimate of drug-likeness (QED) is 0.676. The van der Waals surface area contributed by atoms with Crippen molar-refractivity contribution in [1.29, 1.82) is 0 Å². The Labute approximate surface area is 133 Å². The predicted molar refractivity (Wildman–Crippen MR) is 88.4 cm³/mol. The molecule has 0 spiro atoms. The average Bonchev–Trinajstić information content (AvgIpc) is 3.22. The van der Waals surface area contributed by atoms with Gasteiger partial charge in [-0.2, -0.15) is 0 Å². The summed E-state index contributed by atoms with van der Waals surface area (Å²) in [7, 11) is 0. The van der Waals surface area contributed by atoms with Crippen LogP contribution in [-0.4, -0.2) is 51.7 Å². The van der Waals surface area contributed by atoms with Gasteiger partial charge in [0, 0.05) is 29.6 Å². The molecule has 6 nitrogen and oxygen atoms in total. The summed E-state index contributed by atoms with van der Waals surface area (Å²) >= 11 is 0. The fourth-order valence-corrected chi connectivity index (χ4v) is 4.15. The zero-order valence-corrected chi connectivity index (χ0v) is 12.8. The fourth-order valence-electron chi connectivity index (χ4n) is 4.15. The van der Waals surface area contributed by atoms with E-state index in [4.69, 9.17) is 0 Å². The van der Waals surface area contributed by atoms with E-state index in [1.54, 1.807) is 6.20 Å². The first-order valence-electron chi connectivity index (χ1n) is 8.26. The summed E-state index contributed by atoms with van der Waals surface area (Å²) < 4.78 is 0. The highest BCUT2D eigenvalue weighted by atomic mass is 16.2. The fraction of sp³-hybridized carbons (Fsp3) is 0.412. The minimum Gasteiger partial charge on any atom is -0.346 e. The molecular weight excluding hydrogens is 290 g/mol. The smallest absolute Gasteiger partial charge is 0.270 e. The van der Waals surface area contributed by atoms with Gasteiger partial charge in [-0.15, -0.1) is 0 Å². The van der Waals surface area contributed by atoms with Gasteiger partial charge in [0.1, 0.15) is 5.69 Å². The van der Waals surface area contributed by atoms with Crippen LogP contribution in [0.1, 0.15) is 23.3 Å². The van der Waals surface area contributed by atoms with E-state index < -0.39 is 0 Å². The number of H-pyrrole nitrogens is 2. The number of carbonyl (C=O) groups excluding carboxylic acids is 1. The van der Waals surface area contributed by atoms with E-state index in [2.05, 4.69) is 25.4 Å². The van der Waals surface area contributed by atoms with Crippen LogP contribution in [0.25, 0.3) is 21.8 Å². The third-order valence-corrected chi connectivity index (χ3v) is 5.45. The zero-order valence-electron chi connectivity index (χ0n) is 12.8. The van der Waals surface area contributed by atoms with Gasteiger partial charge in [-0.05, 0) is 44.0 Å². The highest BCUT2D eigenvalue weighted by molar-refractivity contribution is 6.11. The minimum atomic E-state index is -0.0269. The van der Waals surface area contributed by atoms with Gasteiger partial charge in [-0.25, -0.2) is 0 Å². The maximum Gasteiger partial charge on any atom is 0.270 e. The van der Waals surface area contributed by atoms with Gasteiger partial charge < -0.3 is 10.2 Å². The van der Waals surface area contributed by atoms with Crippen molar-refractivity contribution in [3.63, 3.8) is 0 Å². The number of hydrogen-bond acceptors (Lipinski definition) is 3. The van der Waals surface area contributed by atoms with Crippen LogP contribution in [-0.2, 0) is 0 Å². The van der Waals surface area contributed by atoms with E-state index in [0.717, 1.165) is 28.4 Å². The molecule has 0 aliphatic carbocycles. The zero-order chi connectivity index (χ0) is 15.4. The number of nitrogens with zero attached hydrogens (tertiary/aromatic N) is 2. The molecule has 1 unspecified atom stereocenters. The van der Waals surface area contributed by atoms with Crippen molar-refractivity contribution in [1.82, 2.24) is 25.4 Å². The number of benzene rings is 1. The lowest BCUT2D eigenvalue weighted by Gasteiger charge is -2.44. The van der Waals surface area contributed by atoms with Gasteiger partial charge in [-0.3, -0.25) is 20.0 Å². The van der Waals surface area contributed by atoms with Crippen LogP contribution in [0.2, 0.25) is 0 Å². The van der Waals surface area contributed by atoms with Crippen LogP contribution in [0, 0.1) is 5.92 Å². The second-order valence-corrected chi connectivity index (χ2v) is 6.71. The van der Waals surface area contributed by atoms with Crippen LogP contribution in [0.4, 0.5) is 0 Å². The monoisotopic (exact) mass is 309 g/mol. The highest BCUT2D eigenvalue weighted by Crippen LogP contribution is 2.28. The van der Waals surface area contributed by atoms with Crippen molar-refractivity contribution in [3.05, 3.63) is 30.1 Å². The van der Waals surface area contributed by atoms with E-state index in [-0.39, 0.29) is 11.9 Å². The summed E-state index contributed by atoms with van der Waals surface area (Å²) in [6, 6.07) is 6.24. The predicted octanol–water partition coefficient (Wildman–Crippen LogP) is 1.87. The third-order valence-electron chi connectivity index (χ3n) is 5.45. The van der Waals surface area contributed by atoms with Crippen molar-refractivity contribution in [2.45, 2.75) is 18.9 Å². The summed E-state index contributed by atoms with van der Waals surface area (Å²) in [4.78, 5) is 19.6. The molecule has 1 amide bonds. The Morgan fingerprint density at radius 3 is 2.87 bits per heavy atom. The molecule has 2 bridgehead atoms. The number of aromatic amines is 2. The summed E-state index contributed by atoms with van der Waals surface area (Å²) in [6.45, 7) is 3.33. The molecule has 6 heteroatoms. The average molecular weight is 309 g/mol. The molecule has 2 aromatic heterocycles. The number of fused-ring (bicyclic) bond motifs is 6. The Bertz CT molecular complexity index is 887. The molecule has 3 saturated heterocycles. The molecule has 5 heterocycles. The molecule has 3 N–H and O–H groups in total. The molecular formula is C17H19N5O. The molecule has 118 valence electrons. The van der Waals surface area contributed by atoms with Crippen LogP contribution < -0.4 is 5.32 Å². The Hall–Kier alpha value is -2.34. The topological polar surface area (TPSA) is 76.8 Å². The second kappa shape index (κ2) is 4.83. The van der Waals surface area contributed by atoms with Gasteiger partial charge >= 0.3 is 0 Å². The first-order chi connectivity index (χ1) is 11.3. The van der Waals surface area contributed by atoms with E-state index >= 15 is 0 Å². The van der Waals surface area contributed by atoms with Gasteiger partial charge in [0.25, 0.3) is 5.91 Å². The molecule has 23 heavy (non-hydrogen) atoms. The Kier molecular flexibility index (Phi) is 2.76. The maximum absolute atomic E-state index is 12.7. The number of carbonyl (C=O) groups is 1. The van der Waals surface area contributed by atoms with Crippen molar-refractivity contribution in [2.24, 2.45) is 5.92 Å². The Morgan fingerprint density at radius 2 is 2.09 bits per heavy atom. The SMILES string of the molecule is O=C(NC1CN2CCC1CC2)c1[nH][nH]c2c1ccc1ccnc12. The Morgan fingerprint density at radius 1 is 1.22 bits per heavy atom. The normalized spacial score (nSPS) is 26.9. The Balaban J connectivity index is 1.47. The molecule has 3 aliphatic rings. The van der Waals surface area contributed by atoms with E-state index in [0.29, 0.717) is 11.6 Å². The lowest BCUT2D eigenvalue weighted by Crippen LogP contribution is -2.57. The summed E-state index contributed by atoms with van der Waals surface area (Å²) in [5.41, 5.74) is 2.40. The van der Waals surface area contributed by atoms with Crippen molar-refractivity contribution in [2.75, 3.05) is 19.6 Å². The number of hydrogen-bond donors (Lipinski definition) is 3. The molecule has 0 radical (unpaired) electrons. The number of piperidine rings is 3. The molecule has 0 saturated carbocycles.